The van der Waals surface area contributed by atoms with E-state index in [1.54, 1.807) is 18.2 Å². The fraction of sp³-hybridized carbons (Fsp3) is 0.333. The van der Waals surface area contributed by atoms with Crippen LogP contribution < -0.4 is 10.6 Å². The van der Waals surface area contributed by atoms with Crippen molar-refractivity contribution >= 4 is 40.6 Å². The molecule has 0 unspecified atom stereocenters. The molecule has 1 aliphatic rings. The van der Waals surface area contributed by atoms with Crippen LogP contribution in [0.2, 0.25) is 5.02 Å². The second-order valence-corrected chi connectivity index (χ2v) is 7.80. The molecule has 148 valence electrons. The molecule has 0 radical (unpaired) electrons. The highest BCUT2D eigenvalue weighted by atomic mass is 35.5. The molecule has 1 saturated carbocycles. The molecule has 2 aromatic carbocycles. The van der Waals surface area contributed by atoms with Gasteiger partial charge in [0.15, 0.2) is 5.11 Å². The van der Waals surface area contributed by atoms with Gasteiger partial charge in [-0.3, -0.25) is 0 Å². The Labute approximate surface area is 174 Å². The van der Waals surface area contributed by atoms with Crippen molar-refractivity contribution in [2.45, 2.75) is 31.1 Å². The lowest BCUT2D eigenvalue weighted by Gasteiger charge is -2.30. The zero-order valence-corrected chi connectivity index (χ0v) is 17.1. The third-order valence-electron chi connectivity index (χ3n) is 5.24. The molecule has 0 saturated heterocycles. The van der Waals surface area contributed by atoms with Crippen molar-refractivity contribution in [3.05, 3.63) is 64.4 Å². The van der Waals surface area contributed by atoms with Crippen LogP contribution in [0.4, 0.5) is 10.1 Å². The molecule has 0 aliphatic heterocycles. The first kappa shape index (κ1) is 20.6. The van der Waals surface area contributed by atoms with Crippen molar-refractivity contribution in [3.63, 3.8) is 0 Å². The minimum Gasteiger partial charge on any atom is -0.465 e. The number of thiocarbonyl (C=S) groups is 1. The van der Waals surface area contributed by atoms with E-state index in [4.69, 9.17) is 28.6 Å². The fourth-order valence-electron chi connectivity index (χ4n) is 3.70. The number of carbonyl (C=O) groups excluding carboxylic acids is 1. The number of ether oxygens (including phenoxy) is 1. The molecule has 0 amide bonds. The molecule has 1 aliphatic carbocycles. The van der Waals surface area contributed by atoms with E-state index in [0.717, 1.165) is 31.2 Å². The van der Waals surface area contributed by atoms with Gasteiger partial charge in [0, 0.05) is 12.0 Å². The lowest BCUT2D eigenvalue weighted by Crippen LogP contribution is -2.40. The Hall–Kier alpha value is -2.18. The summed E-state index contributed by atoms with van der Waals surface area (Å²) in [6.45, 7) is 0.638. The van der Waals surface area contributed by atoms with E-state index in [0.29, 0.717) is 27.9 Å². The molecule has 28 heavy (non-hydrogen) atoms. The lowest BCUT2D eigenvalue weighted by molar-refractivity contribution is 0.0601. The van der Waals surface area contributed by atoms with Crippen molar-refractivity contribution in [2.75, 3.05) is 19.0 Å². The van der Waals surface area contributed by atoms with E-state index < -0.39 is 5.97 Å². The number of halogens is 2. The topological polar surface area (TPSA) is 50.4 Å². The summed E-state index contributed by atoms with van der Waals surface area (Å²) in [6.07, 6.45) is 4.30. The number of hydrogen-bond acceptors (Lipinski definition) is 3. The predicted octanol–water partition coefficient (Wildman–Crippen LogP) is 5.06. The van der Waals surface area contributed by atoms with Crippen LogP contribution in [0.25, 0.3) is 0 Å². The van der Waals surface area contributed by atoms with Gasteiger partial charge < -0.3 is 15.4 Å². The highest BCUT2D eigenvalue weighted by molar-refractivity contribution is 7.80. The number of methoxy groups -OCH3 is 1. The standard InChI is InChI=1S/C21H22ClFN2O2S/c1-27-19(26)14-4-9-17(22)18(12-14)25-20(28)24-13-21(10-2-3-11-21)15-5-7-16(23)8-6-15/h4-9,12H,2-3,10-11,13H2,1H3,(H2,24,25,28). The van der Waals surface area contributed by atoms with Gasteiger partial charge in [-0.05, 0) is 61.0 Å². The van der Waals surface area contributed by atoms with Gasteiger partial charge >= 0.3 is 5.97 Å². The highest BCUT2D eigenvalue weighted by Gasteiger charge is 2.35. The summed E-state index contributed by atoms with van der Waals surface area (Å²) in [5, 5.41) is 7.18. The summed E-state index contributed by atoms with van der Waals surface area (Å²) in [6, 6.07) is 11.5. The van der Waals surface area contributed by atoms with Gasteiger partial charge in [-0.15, -0.1) is 0 Å². The summed E-state index contributed by atoms with van der Waals surface area (Å²) < 4.78 is 18.1. The first-order valence-corrected chi connectivity index (χ1v) is 9.91. The number of carbonyl (C=O) groups is 1. The Kier molecular flexibility index (Phi) is 6.52. The van der Waals surface area contributed by atoms with Crippen LogP contribution in [-0.4, -0.2) is 24.7 Å². The zero-order valence-electron chi connectivity index (χ0n) is 15.6. The van der Waals surface area contributed by atoms with E-state index >= 15 is 0 Å². The van der Waals surface area contributed by atoms with Crippen LogP contribution in [-0.2, 0) is 10.2 Å². The van der Waals surface area contributed by atoms with Crippen molar-refractivity contribution in [1.29, 1.82) is 0 Å². The van der Waals surface area contributed by atoms with Crippen LogP contribution in [0.1, 0.15) is 41.6 Å². The predicted molar refractivity (Wildman–Crippen MR) is 114 cm³/mol. The molecule has 1 fully saturated rings. The maximum Gasteiger partial charge on any atom is 0.337 e. The molecular weight excluding hydrogens is 399 g/mol. The van der Waals surface area contributed by atoms with Crippen molar-refractivity contribution < 1.29 is 13.9 Å². The molecule has 0 heterocycles. The van der Waals surface area contributed by atoms with E-state index in [1.807, 2.05) is 12.1 Å². The van der Waals surface area contributed by atoms with Gasteiger partial charge in [-0.25, -0.2) is 9.18 Å². The Morgan fingerprint density at radius 3 is 2.54 bits per heavy atom. The van der Waals surface area contributed by atoms with Crippen LogP contribution >= 0.6 is 23.8 Å². The maximum absolute atomic E-state index is 13.3. The lowest BCUT2D eigenvalue weighted by atomic mass is 9.79. The first-order valence-electron chi connectivity index (χ1n) is 9.12. The molecule has 0 bridgehead atoms. The van der Waals surface area contributed by atoms with Crippen LogP contribution in [0.15, 0.2) is 42.5 Å². The molecule has 2 N–H and O–H groups in total. The third-order valence-corrected chi connectivity index (χ3v) is 5.82. The number of nitrogens with one attached hydrogen (secondary N) is 2. The van der Waals surface area contributed by atoms with Crippen LogP contribution in [0.5, 0.6) is 0 Å². The van der Waals surface area contributed by atoms with E-state index in [2.05, 4.69) is 10.6 Å². The van der Waals surface area contributed by atoms with Gasteiger partial charge in [0.25, 0.3) is 0 Å². The average Bonchev–Trinajstić information content (AvgIpc) is 3.18. The van der Waals surface area contributed by atoms with Crippen molar-refractivity contribution in [2.24, 2.45) is 0 Å². The zero-order chi connectivity index (χ0) is 20.1. The number of hydrogen-bond donors (Lipinski definition) is 2. The Balaban J connectivity index is 1.69. The van der Waals surface area contributed by atoms with Gasteiger partial charge in [0.1, 0.15) is 5.82 Å². The average molecular weight is 421 g/mol. The Morgan fingerprint density at radius 1 is 1.21 bits per heavy atom. The van der Waals surface area contributed by atoms with Crippen molar-refractivity contribution in [1.82, 2.24) is 5.32 Å². The van der Waals surface area contributed by atoms with Crippen LogP contribution in [0, 0.1) is 5.82 Å². The number of anilines is 1. The second-order valence-electron chi connectivity index (χ2n) is 6.99. The quantitative estimate of drug-likeness (QED) is 0.522. The summed E-state index contributed by atoms with van der Waals surface area (Å²) in [7, 11) is 1.33. The highest BCUT2D eigenvalue weighted by Crippen LogP contribution is 2.40. The number of esters is 1. The molecule has 4 nitrogen and oxygen atoms in total. The van der Waals surface area contributed by atoms with E-state index in [9.17, 15) is 9.18 Å². The van der Waals surface area contributed by atoms with Gasteiger partial charge in [-0.2, -0.15) is 0 Å². The SMILES string of the molecule is COC(=O)c1ccc(Cl)c(NC(=S)NCC2(c3ccc(F)cc3)CCCC2)c1. The molecular formula is C21H22ClFN2O2S. The smallest absolute Gasteiger partial charge is 0.337 e. The summed E-state index contributed by atoms with van der Waals surface area (Å²) in [4.78, 5) is 11.7. The fourth-order valence-corrected chi connectivity index (χ4v) is 4.05. The van der Waals surface area contributed by atoms with Gasteiger partial charge in [0.05, 0.1) is 23.4 Å². The van der Waals surface area contributed by atoms with Crippen molar-refractivity contribution in [3.8, 4) is 0 Å². The second kappa shape index (κ2) is 8.88. The molecule has 0 spiro atoms. The summed E-state index contributed by atoms with van der Waals surface area (Å²) in [5.41, 5.74) is 1.96. The number of benzene rings is 2. The van der Waals surface area contributed by atoms with E-state index in [-0.39, 0.29) is 11.2 Å². The van der Waals surface area contributed by atoms with Gasteiger partial charge in [0.2, 0.25) is 0 Å². The molecule has 3 rings (SSSR count). The van der Waals surface area contributed by atoms with Gasteiger partial charge in [-0.1, -0.05) is 36.6 Å². The largest absolute Gasteiger partial charge is 0.465 e. The normalized spacial score (nSPS) is 15.1. The minimum absolute atomic E-state index is 0.0723. The monoisotopic (exact) mass is 420 g/mol. The summed E-state index contributed by atoms with van der Waals surface area (Å²) >= 11 is 11.6. The molecule has 7 heteroatoms. The minimum atomic E-state index is -0.445. The molecule has 0 aromatic heterocycles. The summed E-state index contributed by atoms with van der Waals surface area (Å²) in [5.74, 6) is -0.679. The Bertz CT molecular complexity index is 867. The van der Waals surface area contributed by atoms with E-state index in [1.165, 1.54) is 19.2 Å². The number of rotatable bonds is 5. The molecule has 0 atom stereocenters. The Morgan fingerprint density at radius 2 is 1.89 bits per heavy atom. The molecule has 2 aromatic rings. The third kappa shape index (κ3) is 4.62. The van der Waals surface area contributed by atoms with Crippen LogP contribution in [0.3, 0.4) is 0 Å². The first-order chi connectivity index (χ1) is 13.4. The maximum atomic E-state index is 13.3.